The summed E-state index contributed by atoms with van der Waals surface area (Å²) in [5.74, 6) is -1.84. The van der Waals surface area contributed by atoms with E-state index in [1.54, 1.807) is 6.92 Å². The van der Waals surface area contributed by atoms with Crippen LogP contribution in [0.4, 0.5) is 0 Å². The highest BCUT2D eigenvalue weighted by Gasteiger charge is 2.45. The van der Waals surface area contributed by atoms with Crippen molar-refractivity contribution in [3.05, 3.63) is 47.2 Å². The Labute approximate surface area is 133 Å². The molecule has 6 heteroatoms. The summed E-state index contributed by atoms with van der Waals surface area (Å²) < 4.78 is 9.99. The molecule has 1 aromatic carbocycles. The molecule has 1 amide bonds. The Bertz CT molecular complexity index is 694. The van der Waals surface area contributed by atoms with Crippen molar-refractivity contribution in [3.63, 3.8) is 0 Å². The summed E-state index contributed by atoms with van der Waals surface area (Å²) in [6.07, 6.45) is 0.175. The molecule has 1 aromatic rings. The molecule has 3 rings (SSSR count). The Hall–Kier alpha value is -2.63. The number of benzene rings is 1. The molecule has 2 atom stereocenters. The monoisotopic (exact) mass is 315 g/mol. The Morgan fingerprint density at radius 3 is 2.61 bits per heavy atom. The minimum Gasteiger partial charge on any atom is -0.466 e. The highest BCUT2D eigenvalue weighted by Crippen LogP contribution is 2.38. The van der Waals surface area contributed by atoms with Crippen LogP contribution in [0.1, 0.15) is 24.9 Å². The SMILES string of the molecule is COC(=O)C1=C2C(=O)OC[C@H](c3ccccc3)N2C(=O)[C@@H](C)C1. The molecule has 6 nitrogen and oxygen atoms in total. The molecule has 120 valence electrons. The van der Waals surface area contributed by atoms with Gasteiger partial charge in [-0.15, -0.1) is 0 Å². The van der Waals surface area contributed by atoms with Crippen LogP contribution >= 0.6 is 0 Å². The first-order valence-corrected chi connectivity index (χ1v) is 7.41. The quantitative estimate of drug-likeness (QED) is 0.775. The number of cyclic esters (lactones) is 1. The van der Waals surface area contributed by atoms with Gasteiger partial charge in [-0.2, -0.15) is 0 Å². The second-order valence-electron chi connectivity index (χ2n) is 5.66. The molecule has 0 spiro atoms. The van der Waals surface area contributed by atoms with Crippen molar-refractivity contribution in [1.29, 1.82) is 0 Å². The van der Waals surface area contributed by atoms with Crippen molar-refractivity contribution in [2.45, 2.75) is 19.4 Å². The summed E-state index contributed by atoms with van der Waals surface area (Å²) in [6.45, 7) is 1.81. The lowest BCUT2D eigenvalue weighted by Gasteiger charge is -2.41. The number of esters is 2. The van der Waals surface area contributed by atoms with Gasteiger partial charge in [-0.1, -0.05) is 37.3 Å². The third kappa shape index (κ3) is 2.50. The van der Waals surface area contributed by atoms with Gasteiger partial charge in [-0.25, -0.2) is 9.59 Å². The molecule has 0 bridgehead atoms. The Morgan fingerprint density at radius 2 is 1.96 bits per heavy atom. The van der Waals surface area contributed by atoms with Crippen molar-refractivity contribution < 1.29 is 23.9 Å². The molecule has 0 unspecified atom stereocenters. The standard InChI is InChI=1S/C17H17NO5/c1-10-8-12(16(20)22-2)14-17(21)23-9-13(18(14)15(10)19)11-6-4-3-5-7-11/h3-7,10,13H,8-9H2,1-2H3/t10-,13+/m0/s1. The fourth-order valence-electron chi connectivity index (χ4n) is 3.04. The molecule has 2 aliphatic rings. The molecule has 0 saturated carbocycles. The van der Waals surface area contributed by atoms with Gasteiger partial charge in [0.05, 0.1) is 18.7 Å². The van der Waals surface area contributed by atoms with Crippen LogP contribution in [0.15, 0.2) is 41.6 Å². The fraction of sp³-hybridized carbons (Fsp3) is 0.353. The van der Waals surface area contributed by atoms with E-state index in [1.807, 2.05) is 30.3 Å². The molecule has 0 radical (unpaired) electrons. The lowest BCUT2D eigenvalue weighted by molar-refractivity contribution is -0.159. The first-order valence-electron chi connectivity index (χ1n) is 7.41. The summed E-state index contributed by atoms with van der Waals surface area (Å²) in [6, 6.07) is 8.88. The lowest BCUT2D eigenvalue weighted by Crippen LogP contribution is -2.50. The zero-order chi connectivity index (χ0) is 16.6. The smallest absolute Gasteiger partial charge is 0.355 e. The normalized spacial score (nSPS) is 24.2. The van der Waals surface area contributed by atoms with E-state index < -0.39 is 23.9 Å². The maximum atomic E-state index is 12.7. The Balaban J connectivity index is 2.13. The maximum absolute atomic E-state index is 12.7. The zero-order valence-electron chi connectivity index (χ0n) is 12.9. The summed E-state index contributed by atoms with van der Waals surface area (Å²) in [7, 11) is 1.25. The largest absolute Gasteiger partial charge is 0.466 e. The average molecular weight is 315 g/mol. The molecule has 0 aromatic heterocycles. The summed E-state index contributed by atoms with van der Waals surface area (Å²) in [5, 5.41) is 0. The topological polar surface area (TPSA) is 72.9 Å². The van der Waals surface area contributed by atoms with Crippen LogP contribution in [0.5, 0.6) is 0 Å². The zero-order valence-corrected chi connectivity index (χ0v) is 12.9. The number of fused-ring (bicyclic) bond motifs is 1. The van der Waals surface area contributed by atoms with Gasteiger partial charge in [0.1, 0.15) is 12.3 Å². The minimum atomic E-state index is -0.655. The summed E-state index contributed by atoms with van der Waals surface area (Å²) in [5.41, 5.74) is 1.06. The number of ether oxygens (including phenoxy) is 2. The van der Waals surface area contributed by atoms with E-state index in [1.165, 1.54) is 12.0 Å². The van der Waals surface area contributed by atoms with Crippen molar-refractivity contribution >= 4 is 17.8 Å². The first kappa shape index (κ1) is 15.3. The third-order valence-electron chi connectivity index (χ3n) is 4.19. The molecule has 1 saturated heterocycles. The summed E-state index contributed by atoms with van der Waals surface area (Å²) in [4.78, 5) is 38.3. The maximum Gasteiger partial charge on any atom is 0.355 e. The van der Waals surface area contributed by atoms with Gasteiger partial charge >= 0.3 is 11.9 Å². The number of rotatable bonds is 2. The third-order valence-corrected chi connectivity index (χ3v) is 4.19. The molecule has 2 aliphatic heterocycles. The predicted octanol–water partition coefficient (Wildman–Crippen LogP) is 1.58. The van der Waals surface area contributed by atoms with Crippen LogP contribution in [0.3, 0.4) is 0 Å². The van der Waals surface area contributed by atoms with Gasteiger partial charge in [0.25, 0.3) is 0 Å². The Kier molecular flexibility index (Phi) is 3.90. The number of nitrogens with zero attached hydrogens (tertiary/aromatic N) is 1. The van der Waals surface area contributed by atoms with Gasteiger partial charge < -0.3 is 9.47 Å². The van der Waals surface area contributed by atoms with Gasteiger partial charge in [-0.05, 0) is 12.0 Å². The second kappa shape index (κ2) is 5.87. The van der Waals surface area contributed by atoms with Gasteiger partial charge in [0, 0.05) is 5.92 Å². The number of carbonyl (C=O) groups is 3. The van der Waals surface area contributed by atoms with Gasteiger partial charge in [0.15, 0.2) is 0 Å². The minimum absolute atomic E-state index is 0.0139. The molecule has 1 fully saturated rings. The highest BCUT2D eigenvalue weighted by atomic mass is 16.5. The van der Waals surface area contributed by atoms with E-state index in [2.05, 4.69) is 0 Å². The van der Waals surface area contributed by atoms with Crippen LogP contribution < -0.4 is 0 Å². The molecule has 0 N–H and O–H groups in total. The van der Waals surface area contributed by atoms with Crippen LogP contribution in [0, 0.1) is 5.92 Å². The number of methoxy groups -OCH3 is 1. The van der Waals surface area contributed by atoms with Crippen LogP contribution in [-0.4, -0.2) is 36.5 Å². The van der Waals surface area contributed by atoms with Crippen LogP contribution in [-0.2, 0) is 23.9 Å². The number of hydrogen-bond donors (Lipinski definition) is 0. The van der Waals surface area contributed by atoms with E-state index in [9.17, 15) is 14.4 Å². The Morgan fingerprint density at radius 1 is 1.26 bits per heavy atom. The first-order chi connectivity index (χ1) is 11.0. The molecular formula is C17H17NO5. The highest BCUT2D eigenvalue weighted by molar-refractivity contribution is 6.05. The molecule has 2 heterocycles. The van der Waals surface area contributed by atoms with Crippen LogP contribution in [0.25, 0.3) is 0 Å². The number of carbonyl (C=O) groups excluding carboxylic acids is 3. The van der Waals surface area contributed by atoms with E-state index in [0.717, 1.165) is 5.56 Å². The van der Waals surface area contributed by atoms with Crippen molar-refractivity contribution in [3.8, 4) is 0 Å². The average Bonchev–Trinajstić information content (AvgIpc) is 2.58. The molecule has 0 aliphatic carbocycles. The molecule has 23 heavy (non-hydrogen) atoms. The molecular weight excluding hydrogens is 298 g/mol. The van der Waals surface area contributed by atoms with Crippen molar-refractivity contribution in [2.24, 2.45) is 5.92 Å². The van der Waals surface area contributed by atoms with E-state index in [-0.39, 0.29) is 30.2 Å². The number of morpholine rings is 1. The van der Waals surface area contributed by atoms with Crippen molar-refractivity contribution in [1.82, 2.24) is 4.90 Å². The fourth-order valence-corrected chi connectivity index (χ4v) is 3.04. The lowest BCUT2D eigenvalue weighted by atomic mass is 9.89. The number of hydrogen-bond acceptors (Lipinski definition) is 5. The van der Waals surface area contributed by atoms with Gasteiger partial charge in [0.2, 0.25) is 5.91 Å². The van der Waals surface area contributed by atoms with E-state index in [0.29, 0.717) is 0 Å². The van der Waals surface area contributed by atoms with Crippen molar-refractivity contribution in [2.75, 3.05) is 13.7 Å². The van der Waals surface area contributed by atoms with Gasteiger partial charge in [-0.3, -0.25) is 9.69 Å². The second-order valence-corrected chi connectivity index (χ2v) is 5.66. The number of amides is 1. The van der Waals surface area contributed by atoms with E-state index in [4.69, 9.17) is 9.47 Å². The predicted molar refractivity (Wildman–Crippen MR) is 79.8 cm³/mol. The van der Waals surface area contributed by atoms with E-state index >= 15 is 0 Å². The van der Waals surface area contributed by atoms with Crippen LogP contribution in [0.2, 0.25) is 0 Å². The summed E-state index contributed by atoms with van der Waals surface area (Å²) >= 11 is 0.